The van der Waals surface area contributed by atoms with E-state index >= 15 is 0 Å². The van der Waals surface area contributed by atoms with Gasteiger partial charge in [0.15, 0.2) is 0 Å². The van der Waals surface area contributed by atoms with Crippen molar-refractivity contribution in [1.29, 1.82) is 0 Å². The van der Waals surface area contributed by atoms with Crippen molar-refractivity contribution in [3.05, 3.63) is 11.8 Å². The first kappa shape index (κ1) is 8.37. The van der Waals surface area contributed by atoms with Gasteiger partial charge in [-0.1, -0.05) is 0 Å². The Balaban J connectivity index is 2.06. The summed E-state index contributed by atoms with van der Waals surface area (Å²) in [4.78, 5) is 14.3. The van der Waals surface area contributed by atoms with Crippen LogP contribution in [0, 0.1) is 0 Å². The Morgan fingerprint density at radius 1 is 1.54 bits per heavy atom. The molecule has 0 bridgehead atoms. The van der Waals surface area contributed by atoms with Crippen molar-refractivity contribution in [3.63, 3.8) is 0 Å². The second-order valence-corrected chi connectivity index (χ2v) is 3.28. The number of nitrogens with zero attached hydrogens (tertiary/aromatic N) is 2. The fourth-order valence-corrected chi connectivity index (χ4v) is 1.69. The average Bonchev–Trinajstić information content (AvgIpc) is 2.17. The third-order valence-electron chi connectivity index (χ3n) is 2.45. The standard InChI is InChI=1S/C8H13N3O2/c12-8(13)10-3-4-11-6-9-2-1-7(11)5-10/h1,9H,2-6H2,(H,12,13). The fourth-order valence-electron chi connectivity index (χ4n) is 1.69. The predicted molar refractivity (Wildman–Crippen MR) is 47.3 cm³/mol. The zero-order chi connectivity index (χ0) is 9.26. The van der Waals surface area contributed by atoms with Crippen molar-refractivity contribution in [2.45, 2.75) is 0 Å². The summed E-state index contributed by atoms with van der Waals surface area (Å²) in [6.45, 7) is 3.63. The summed E-state index contributed by atoms with van der Waals surface area (Å²) < 4.78 is 0. The number of nitrogens with one attached hydrogen (secondary N) is 1. The molecule has 1 saturated heterocycles. The summed E-state index contributed by atoms with van der Waals surface area (Å²) in [6.07, 6.45) is 1.23. The number of carboxylic acid groups (broad SMARTS) is 1. The quantitative estimate of drug-likeness (QED) is 0.542. The SMILES string of the molecule is O=C(O)N1CCN2CNCC=C2C1. The second kappa shape index (κ2) is 3.26. The Morgan fingerprint density at radius 2 is 2.38 bits per heavy atom. The first-order valence-electron chi connectivity index (χ1n) is 4.40. The van der Waals surface area contributed by atoms with Gasteiger partial charge in [-0.25, -0.2) is 4.79 Å². The second-order valence-electron chi connectivity index (χ2n) is 3.28. The van der Waals surface area contributed by atoms with Gasteiger partial charge in [0.25, 0.3) is 0 Å². The molecule has 5 nitrogen and oxygen atoms in total. The molecule has 2 aliphatic heterocycles. The van der Waals surface area contributed by atoms with Crippen LogP contribution in [0.2, 0.25) is 0 Å². The molecule has 1 amide bonds. The molecule has 0 aromatic heterocycles. The Labute approximate surface area is 76.6 Å². The molecule has 0 saturated carbocycles. The molecule has 0 aliphatic carbocycles. The van der Waals surface area contributed by atoms with Gasteiger partial charge in [0, 0.05) is 25.3 Å². The minimum Gasteiger partial charge on any atom is -0.465 e. The van der Waals surface area contributed by atoms with E-state index in [1.807, 2.05) is 0 Å². The van der Waals surface area contributed by atoms with Crippen LogP contribution in [-0.4, -0.2) is 53.8 Å². The van der Waals surface area contributed by atoms with Gasteiger partial charge in [0.2, 0.25) is 0 Å². The van der Waals surface area contributed by atoms with Gasteiger partial charge in [-0.2, -0.15) is 0 Å². The third-order valence-corrected chi connectivity index (χ3v) is 2.45. The van der Waals surface area contributed by atoms with E-state index in [9.17, 15) is 4.79 Å². The molecule has 0 unspecified atom stereocenters. The highest BCUT2D eigenvalue weighted by Gasteiger charge is 2.24. The first-order chi connectivity index (χ1) is 6.27. The number of carbonyl (C=O) groups is 1. The lowest BCUT2D eigenvalue weighted by Gasteiger charge is -2.39. The van der Waals surface area contributed by atoms with E-state index in [0.717, 1.165) is 25.5 Å². The molecule has 2 N–H and O–H groups in total. The molecule has 72 valence electrons. The summed E-state index contributed by atoms with van der Waals surface area (Å²) in [5.74, 6) is 0. The number of hydrogen-bond donors (Lipinski definition) is 2. The molecule has 1 fully saturated rings. The van der Waals surface area contributed by atoms with E-state index in [4.69, 9.17) is 5.11 Å². The smallest absolute Gasteiger partial charge is 0.407 e. The fraction of sp³-hybridized carbons (Fsp3) is 0.625. The lowest BCUT2D eigenvalue weighted by Crippen LogP contribution is -2.51. The van der Waals surface area contributed by atoms with Gasteiger partial charge in [-0.3, -0.25) is 5.32 Å². The molecule has 0 aromatic rings. The lowest BCUT2D eigenvalue weighted by molar-refractivity contribution is 0.120. The summed E-state index contributed by atoms with van der Waals surface area (Å²) in [5, 5.41) is 12.0. The Kier molecular flexibility index (Phi) is 2.10. The van der Waals surface area contributed by atoms with Gasteiger partial charge in [-0.05, 0) is 6.08 Å². The topological polar surface area (TPSA) is 55.8 Å². The van der Waals surface area contributed by atoms with Crippen molar-refractivity contribution in [3.8, 4) is 0 Å². The van der Waals surface area contributed by atoms with Gasteiger partial charge in [0.1, 0.15) is 0 Å². The Hall–Kier alpha value is -1.23. The summed E-state index contributed by atoms with van der Waals surface area (Å²) >= 11 is 0. The van der Waals surface area contributed by atoms with Crippen LogP contribution in [0.5, 0.6) is 0 Å². The van der Waals surface area contributed by atoms with Crippen molar-refractivity contribution < 1.29 is 9.90 Å². The maximum atomic E-state index is 10.7. The largest absolute Gasteiger partial charge is 0.465 e. The van der Waals surface area contributed by atoms with Crippen LogP contribution in [-0.2, 0) is 0 Å². The van der Waals surface area contributed by atoms with E-state index in [-0.39, 0.29) is 0 Å². The molecule has 0 aromatic carbocycles. The lowest BCUT2D eigenvalue weighted by atomic mass is 10.2. The van der Waals surface area contributed by atoms with E-state index < -0.39 is 6.09 Å². The van der Waals surface area contributed by atoms with Crippen LogP contribution in [0.4, 0.5) is 4.79 Å². The predicted octanol–water partition coefficient (Wildman–Crippen LogP) is -0.273. The van der Waals surface area contributed by atoms with Crippen molar-refractivity contribution in [2.75, 3.05) is 32.8 Å². The van der Waals surface area contributed by atoms with E-state index in [2.05, 4.69) is 16.3 Å². The minimum atomic E-state index is -0.820. The average molecular weight is 183 g/mol. The summed E-state index contributed by atoms with van der Waals surface area (Å²) in [5.41, 5.74) is 1.13. The van der Waals surface area contributed by atoms with Crippen molar-refractivity contribution >= 4 is 6.09 Å². The number of rotatable bonds is 0. The van der Waals surface area contributed by atoms with Gasteiger partial charge in [0.05, 0.1) is 13.2 Å². The zero-order valence-electron chi connectivity index (χ0n) is 7.36. The maximum Gasteiger partial charge on any atom is 0.407 e. The Bertz CT molecular complexity index is 252. The van der Waals surface area contributed by atoms with Crippen molar-refractivity contribution in [1.82, 2.24) is 15.1 Å². The highest BCUT2D eigenvalue weighted by Crippen LogP contribution is 2.14. The van der Waals surface area contributed by atoms with E-state index in [0.29, 0.717) is 13.1 Å². The first-order valence-corrected chi connectivity index (χ1v) is 4.40. The molecular formula is C8H13N3O2. The number of piperazine rings is 1. The van der Waals surface area contributed by atoms with Gasteiger partial charge in [-0.15, -0.1) is 0 Å². The number of fused-ring (bicyclic) bond motifs is 1. The van der Waals surface area contributed by atoms with Gasteiger partial charge >= 0.3 is 6.09 Å². The summed E-state index contributed by atoms with van der Waals surface area (Å²) in [6, 6.07) is 0. The van der Waals surface area contributed by atoms with Crippen LogP contribution in [0.25, 0.3) is 0 Å². The molecule has 2 aliphatic rings. The van der Waals surface area contributed by atoms with Crippen LogP contribution >= 0.6 is 0 Å². The monoisotopic (exact) mass is 183 g/mol. The van der Waals surface area contributed by atoms with Crippen LogP contribution in [0.15, 0.2) is 11.8 Å². The van der Waals surface area contributed by atoms with Crippen LogP contribution < -0.4 is 5.32 Å². The maximum absolute atomic E-state index is 10.7. The number of amides is 1. The molecule has 0 spiro atoms. The minimum absolute atomic E-state index is 0.539. The van der Waals surface area contributed by atoms with E-state index in [1.54, 1.807) is 0 Å². The molecule has 5 heteroatoms. The molecule has 13 heavy (non-hydrogen) atoms. The van der Waals surface area contributed by atoms with Crippen LogP contribution in [0.3, 0.4) is 0 Å². The Morgan fingerprint density at radius 3 is 3.15 bits per heavy atom. The molecule has 2 heterocycles. The van der Waals surface area contributed by atoms with Crippen LogP contribution in [0.1, 0.15) is 0 Å². The number of hydrogen-bond acceptors (Lipinski definition) is 3. The highest BCUT2D eigenvalue weighted by atomic mass is 16.4. The van der Waals surface area contributed by atoms with Gasteiger partial charge < -0.3 is 14.9 Å². The highest BCUT2D eigenvalue weighted by molar-refractivity contribution is 5.65. The summed E-state index contributed by atoms with van der Waals surface area (Å²) in [7, 11) is 0. The normalized spacial score (nSPS) is 22.3. The molecule has 0 radical (unpaired) electrons. The third kappa shape index (κ3) is 1.60. The van der Waals surface area contributed by atoms with Crippen molar-refractivity contribution in [2.24, 2.45) is 0 Å². The van der Waals surface area contributed by atoms with E-state index in [1.165, 1.54) is 4.90 Å². The molecule has 0 atom stereocenters. The zero-order valence-corrected chi connectivity index (χ0v) is 7.36. The molecular weight excluding hydrogens is 170 g/mol. The molecule has 2 rings (SSSR count).